The zero-order chi connectivity index (χ0) is 13.5. The van der Waals surface area contributed by atoms with Crippen LogP contribution in [-0.4, -0.2) is 18.1 Å². The Morgan fingerprint density at radius 3 is 2.83 bits per heavy atom. The predicted molar refractivity (Wildman–Crippen MR) is 71.0 cm³/mol. The van der Waals surface area contributed by atoms with Crippen LogP contribution in [0.3, 0.4) is 0 Å². The molecule has 18 heavy (non-hydrogen) atoms. The molecule has 96 valence electrons. The van der Waals surface area contributed by atoms with Gasteiger partial charge in [0.1, 0.15) is 0 Å². The van der Waals surface area contributed by atoms with Crippen molar-refractivity contribution in [3.8, 4) is 0 Å². The molecular formula is C14H16F2N2. The topological polar surface area (TPSA) is 25.2 Å². The molecule has 0 radical (unpaired) electrons. The van der Waals surface area contributed by atoms with Crippen molar-refractivity contribution >= 4 is 12.3 Å². The smallest absolute Gasteiger partial charge is 0.242 e. The van der Waals surface area contributed by atoms with Crippen molar-refractivity contribution in [3.05, 3.63) is 47.4 Å². The molecule has 0 aliphatic rings. The Hall–Kier alpha value is -1.84. The molecule has 0 bridgehead atoms. The lowest BCUT2D eigenvalue weighted by Crippen LogP contribution is -1.92. The fourth-order valence-electron chi connectivity index (χ4n) is 1.53. The molecular weight excluding hydrogens is 234 g/mol. The summed E-state index contributed by atoms with van der Waals surface area (Å²) in [6.07, 6.45) is 3.77. The van der Waals surface area contributed by atoms with Gasteiger partial charge >= 0.3 is 0 Å². The van der Waals surface area contributed by atoms with E-state index in [0.29, 0.717) is 0 Å². The highest BCUT2D eigenvalue weighted by Crippen LogP contribution is 2.20. The van der Waals surface area contributed by atoms with Crippen molar-refractivity contribution in [1.29, 1.82) is 0 Å². The molecule has 1 aromatic rings. The van der Waals surface area contributed by atoms with E-state index < -0.39 is 6.43 Å². The minimum Gasteiger partial charge on any atom is -0.272 e. The number of aromatic nitrogens is 1. The first-order valence-corrected chi connectivity index (χ1v) is 5.59. The number of halogens is 2. The van der Waals surface area contributed by atoms with E-state index in [1.54, 1.807) is 18.5 Å². The summed E-state index contributed by atoms with van der Waals surface area (Å²) in [7, 11) is 0. The Labute approximate surface area is 106 Å². The highest BCUT2D eigenvalue weighted by Gasteiger charge is 2.04. The standard InChI is InChI=1S/C14H16F2N2/c1-10-7-13(11(2)18-8-10)12(9-17-3)5-4-6-14(15)16/h4-5,7-9,14H,3,6H2,1-2H3/b5-4-,12-9+. The third kappa shape index (κ3) is 4.20. The van der Waals surface area contributed by atoms with Crippen LogP contribution in [0.25, 0.3) is 5.57 Å². The Kier molecular flexibility index (Phi) is 5.36. The molecule has 0 unspecified atom stereocenters. The largest absolute Gasteiger partial charge is 0.272 e. The lowest BCUT2D eigenvalue weighted by molar-refractivity contribution is 0.152. The van der Waals surface area contributed by atoms with Crippen LogP contribution in [0.5, 0.6) is 0 Å². The first kappa shape index (κ1) is 14.2. The molecule has 0 saturated carbocycles. The van der Waals surface area contributed by atoms with Crippen molar-refractivity contribution in [2.75, 3.05) is 0 Å². The van der Waals surface area contributed by atoms with Crippen LogP contribution in [0, 0.1) is 13.8 Å². The van der Waals surface area contributed by atoms with Gasteiger partial charge in [-0.3, -0.25) is 9.98 Å². The SMILES string of the molecule is C=N/C=C(\C=C/CC(F)F)c1cc(C)cnc1C. The fraction of sp³-hybridized carbons (Fsp3) is 0.286. The van der Waals surface area contributed by atoms with Crippen LogP contribution in [0.15, 0.2) is 35.6 Å². The van der Waals surface area contributed by atoms with Gasteiger partial charge in [-0.15, -0.1) is 0 Å². The summed E-state index contributed by atoms with van der Waals surface area (Å²) in [4.78, 5) is 7.94. The van der Waals surface area contributed by atoms with Gasteiger partial charge < -0.3 is 0 Å². The number of alkyl halides is 2. The molecule has 0 saturated heterocycles. The van der Waals surface area contributed by atoms with Crippen molar-refractivity contribution < 1.29 is 8.78 Å². The molecule has 0 aliphatic carbocycles. The molecule has 0 fully saturated rings. The molecule has 0 atom stereocenters. The minimum atomic E-state index is -2.34. The van der Waals surface area contributed by atoms with Gasteiger partial charge in [-0.25, -0.2) is 8.78 Å². The Morgan fingerprint density at radius 1 is 1.50 bits per heavy atom. The minimum absolute atomic E-state index is 0.271. The lowest BCUT2D eigenvalue weighted by atomic mass is 10.0. The monoisotopic (exact) mass is 250 g/mol. The highest BCUT2D eigenvalue weighted by molar-refractivity contribution is 5.75. The molecule has 0 N–H and O–H groups in total. The molecule has 0 aromatic carbocycles. The van der Waals surface area contributed by atoms with Crippen molar-refractivity contribution in [2.24, 2.45) is 4.99 Å². The number of pyridine rings is 1. The van der Waals surface area contributed by atoms with Crippen LogP contribution in [-0.2, 0) is 0 Å². The van der Waals surface area contributed by atoms with E-state index in [1.807, 2.05) is 19.9 Å². The van der Waals surface area contributed by atoms with Gasteiger partial charge in [0, 0.05) is 35.6 Å². The van der Waals surface area contributed by atoms with Crippen LogP contribution in [0.2, 0.25) is 0 Å². The molecule has 1 aromatic heterocycles. The van der Waals surface area contributed by atoms with Gasteiger partial charge in [-0.1, -0.05) is 12.2 Å². The maximum absolute atomic E-state index is 12.1. The molecule has 0 aliphatic heterocycles. The number of aliphatic imine (C=N–C) groups is 1. The molecule has 1 heterocycles. The Bertz CT molecular complexity index is 477. The summed E-state index contributed by atoms with van der Waals surface area (Å²) in [6.45, 7) is 7.19. The summed E-state index contributed by atoms with van der Waals surface area (Å²) < 4.78 is 24.2. The first-order valence-electron chi connectivity index (χ1n) is 5.59. The summed E-state index contributed by atoms with van der Waals surface area (Å²) in [6, 6.07) is 1.95. The summed E-state index contributed by atoms with van der Waals surface area (Å²) in [5.74, 6) is 0. The van der Waals surface area contributed by atoms with E-state index in [2.05, 4.69) is 16.7 Å². The third-order valence-electron chi connectivity index (χ3n) is 2.38. The first-order chi connectivity index (χ1) is 8.54. The van der Waals surface area contributed by atoms with E-state index in [9.17, 15) is 8.78 Å². The fourth-order valence-corrected chi connectivity index (χ4v) is 1.53. The molecule has 4 heteroatoms. The van der Waals surface area contributed by atoms with Crippen LogP contribution >= 0.6 is 0 Å². The number of hydrogen-bond donors (Lipinski definition) is 0. The van der Waals surface area contributed by atoms with E-state index >= 15 is 0 Å². The second kappa shape index (κ2) is 6.79. The van der Waals surface area contributed by atoms with Gasteiger partial charge in [-0.05, 0) is 32.2 Å². The number of hydrogen-bond acceptors (Lipinski definition) is 2. The normalized spacial score (nSPS) is 12.4. The van der Waals surface area contributed by atoms with Crippen molar-refractivity contribution in [3.63, 3.8) is 0 Å². The summed E-state index contributed by atoms with van der Waals surface area (Å²) in [5.41, 5.74) is 3.46. The zero-order valence-electron chi connectivity index (χ0n) is 10.5. The number of rotatable bonds is 5. The van der Waals surface area contributed by atoms with Gasteiger partial charge in [0.2, 0.25) is 6.43 Å². The average molecular weight is 250 g/mol. The zero-order valence-corrected chi connectivity index (χ0v) is 10.5. The van der Waals surface area contributed by atoms with Gasteiger partial charge in [-0.2, -0.15) is 0 Å². The second-order valence-corrected chi connectivity index (χ2v) is 3.94. The van der Waals surface area contributed by atoms with Gasteiger partial charge in [0.15, 0.2) is 0 Å². The van der Waals surface area contributed by atoms with Crippen molar-refractivity contribution in [2.45, 2.75) is 26.7 Å². The molecule has 1 rings (SSSR count). The maximum atomic E-state index is 12.1. The van der Waals surface area contributed by atoms with Gasteiger partial charge in [0.25, 0.3) is 0 Å². The Morgan fingerprint density at radius 2 is 2.22 bits per heavy atom. The Balaban J connectivity index is 3.05. The molecule has 2 nitrogen and oxygen atoms in total. The van der Waals surface area contributed by atoms with Crippen LogP contribution in [0.1, 0.15) is 23.2 Å². The summed E-state index contributed by atoms with van der Waals surface area (Å²) >= 11 is 0. The van der Waals surface area contributed by atoms with Crippen LogP contribution < -0.4 is 0 Å². The third-order valence-corrected chi connectivity index (χ3v) is 2.38. The van der Waals surface area contributed by atoms with Crippen molar-refractivity contribution in [1.82, 2.24) is 4.98 Å². The summed E-state index contributed by atoms with van der Waals surface area (Å²) in [5, 5.41) is 0. The lowest BCUT2D eigenvalue weighted by Gasteiger charge is -2.06. The molecule has 0 amide bonds. The van der Waals surface area contributed by atoms with E-state index in [1.165, 1.54) is 6.08 Å². The average Bonchev–Trinajstić information content (AvgIpc) is 2.31. The van der Waals surface area contributed by atoms with E-state index in [4.69, 9.17) is 0 Å². The van der Waals surface area contributed by atoms with E-state index in [-0.39, 0.29) is 6.42 Å². The quantitative estimate of drug-likeness (QED) is 0.573. The van der Waals surface area contributed by atoms with Crippen LogP contribution in [0.4, 0.5) is 8.78 Å². The van der Waals surface area contributed by atoms with Gasteiger partial charge in [0.05, 0.1) is 0 Å². The predicted octanol–water partition coefficient (Wildman–Crippen LogP) is 3.95. The number of nitrogens with zero attached hydrogens (tertiary/aromatic N) is 2. The maximum Gasteiger partial charge on any atom is 0.242 e. The number of allylic oxidation sites excluding steroid dienone is 3. The second-order valence-electron chi connectivity index (χ2n) is 3.94. The highest BCUT2D eigenvalue weighted by atomic mass is 19.3. The van der Waals surface area contributed by atoms with E-state index in [0.717, 1.165) is 22.4 Å². The number of aryl methyl sites for hydroxylation is 2. The molecule has 0 spiro atoms.